The van der Waals surface area contributed by atoms with Gasteiger partial charge in [-0.25, -0.2) is 4.39 Å². The molecule has 0 heterocycles. The van der Waals surface area contributed by atoms with Gasteiger partial charge in [0.25, 0.3) is 5.91 Å². The minimum absolute atomic E-state index is 0.115. The summed E-state index contributed by atoms with van der Waals surface area (Å²) in [7, 11) is 0. The van der Waals surface area contributed by atoms with Crippen molar-refractivity contribution in [3.05, 3.63) is 30.1 Å². The molecule has 0 radical (unpaired) electrons. The average Bonchev–Trinajstić information content (AvgIpc) is 2.38. The molecular formula is C14H20FNO2. The summed E-state index contributed by atoms with van der Waals surface area (Å²) in [5, 5.41) is 2.83. The molecule has 0 aliphatic heterocycles. The molecule has 0 aliphatic carbocycles. The Labute approximate surface area is 107 Å². The highest BCUT2D eigenvalue weighted by Crippen LogP contribution is 2.14. The van der Waals surface area contributed by atoms with Gasteiger partial charge >= 0.3 is 0 Å². The van der Waals surface area contributed by atoms with Crippen LogP contribution in [0.2, 0.25) is 0 Å². The second-order valence-electron chi connectivity index (χ2n) is 4.11. The monoisotopic (exact) mass is 253 g/mol. The van der Waals surface area contributed by atoms with Crippen LogP contribution in [0.15, 0.2) is 24.3 Å². The van der Waals surface area contributed by atoms with Gasteiger partial charge in [-0.05, 0) is 37.1 Å². The first-order valence-corrected chi connectivity index (χ1v) is 6.37. The Morgan fingerprint density at radius 3 is 2.56 bits per heavy atom. The van der Waals surface area contributed by atoms with Gasteiger partial charge in [-0.1, -0.05) is 20.3 Å². The van der Waals surface area contributed by atoms with Crippen molar-refractivity contribution < 1.29 is 13.9 Å². The van der Waals surface area contributed by atoms with Gasteiger partial charge in [0, 0.05) is 6.54 Å². The number of carbonyl (C=O) groups excluding carboxylic acids is 1. The van der Waals surface area contributed by atoms with Crippen LogP contribution in [0, 0.1) is 5.82 Å². The molecule has 18 heavy (non-hydrogen) atoms. The second-order valence-corrected chi connectivity index (χ2v) is 4.11. The summed E-state index contributed by atoms with van der Waals surface area (Å²) in [5.41, 5.74) is 0. The minimum atomic E-state index is -0.521. The molecule has 0 spiro atoms. The van der Waals surface area contributed by atoms with Crippen molar-refractivity contribution in [3.63, 3.8) is 0 Å². The standard InChI is InChI=1S/C14H20FNO2/c1-3-5-10-16-14(17)13(4-2)18-12-8-6-11(15)7-9-12/h6-9,13H,3-5,10H2,1-2H3,(H,16,17)/t13-/m0/s1. The molecule has 1 amide bonds. The summed E-state index contributed by atoms with van der Waals surface area (Å²) < 4.78 is 18.3. The highest BCUT2D eigenvalue weighted by molar-refractivity contribution is 5.81. The topological polar surface area (TPSA) is 38.3 Å². The number of rotatable bonds is 7. The molecule has 0 aromatic heterocycles. The summed E-state index contributed by atoms with van der Waals surface area (Å²) in [6.07, 6.45) is 2.05. The number of carbonyl (C=O) groups is 1. The van der Waals surface area contributed by atoms with E-state index in [0.29, 0.717) is 18.7 Å². The fourth-order valence-electron chi connectivity index (χ4n) is 1.50. The summed E-state index contributed by atoms with van der Waals surface area (Å²) in [5.74, 6) is 0.0759. The third-order valence-electron chi connectivity index (χ3n) is 2.58. The Hall–Kier alpha value is -1.58. The zero-order valence-electron chi connectivity index (χ0n) is 10.9. The normalized spacial score (nSPS) is 11.9. The Kier molecular flexibility index (Phi) is 6.19. The number of ether oxygens (including phenoxy) is 1. The van der Waals surface area contributed by atoms with Crippen LogP contribution in [-0.2, 0) is 4.79 Å². The lowest BCUT2D eigenvalue weighted by Gasteiger charge is -2.17. The number of halogens is 1. The molecular weight excluding hydrogens is 233 g/mol. The van der Waals surface area contributed by atoms with Crippen LogP contribution in [0.25, 0.3) is 0 Å². The van der Waals surface area contributed by atoms with E-state index in [1.165, 1.54) is 24.3 Å². The number of benzene rings is 1. The van der Waals surface area contributed by atoms with Crippen molar-refractivity contribution in [2.45, 2.75) is 39.2 Å². The maximum Gasteiger partial charge on any atom is 0.261 e. The van der Waals surface area contributed by atoms with Gasteiger partial charge < -0.3 is 10.1 Å². The molecule has 0 saturated carbocycles. The number of nitrogens with one attached hydrogen (secondary N) is 1. The smallest absolute Gasteiger partial charge is 0.261 e. The van der Waals surface area contributed by atoms with Crippen molar-refractivity contribution in [2.75, 3.05) is 6.54 Å². The molecule has 1 atom stereocenters. The van der Waals surface area contributed by atoms with E-state index in [-0.39, 0.29) is 11.7 Å². The molecule has 0 saturated heterocycles. The SMILES string of the molecule is CCCCNC(=O)[C@H](CC)Oc1ccc(F)cc1. The molecule has 1 N–H and O–H groups in total. The van der Waals surface area contributed by atoms with Crippen LogP contribution >= 0.6 is 0 Å². The van der Waals surface area contributed by atoms with E-state index in [1.54, 1.807) is 0 Å². The lowest BCUT2D eigenvalue weighted by atomic mass is 10.2. The van der Waals surface area contributed by atoms with Gasteiger partial charge in [0.15, 0.2) is 6.10 Å². The van der Waals surface area contributed by atoms with Crippen molar-refractivity contribution in [3.8, 4) is 5.75 Å². The maximum absolute atomic E-state index is 12.7. The van der Waals surface area contributed by atoms with Crippen LogP contribution in [-0.4, -0.2) is 18.6 Å². The van der Waals surface area contributed by atoms with Crippen LogP contribution < -0.4 is 10.1 Å². The predicted molar refractivity (Wildman–Crippen MR) is 69.0 cm³/mol. The predicted octanol–water partition coefficient (Wildman–Crippen LogP) is 2.90. The Morgan fingerprint density at radius 1 is 1.33 bits per heavy atom. The maximum atomic E-state index is 12.7. The van der Waals surface area contributed by atoms with E-state index < -0.39 is 6.10 Å². The quantitative estimate of drug-likeness (QED) is 0.759. The van der Waals surface area contributed by atoms with Crippen LogP contribution in [0.5, 0.6) is 5.75 Å². The van der Waals surface area contributed by atoms with Gasteiger partial charge in [-0.15, -0.1) is 0 Å². The summed E-state index contributed by atoms with van der Waals surface area (Å²) >= 11 is 0. The zero-order valence-corrected chi connectivity index (χ0v) is 10.9. The second kappa shape index (κ2) is 7.69. The number of amides is 1. The third kappa shape index (κ3) is 4.73. The molecule has 3 nitrogen and oxygen atoms in total. The average molecular weight is 253 g/mol. The van der Waals surface area contributed by atoms with Crippen LogP contribution in [0.1, 0.15) is 33.1 Å². The van der Waals surface area contributed by atoms with Gasteiger partial charge in [0.2, 0.25) is 0 Å². The Morgan fingerprint density at radius 2 is 2.00 bits per heavy atom. The fraction of sp³-hybridized carbons (Fsp3) is 0.500. The first-order chi connectivity index (χ1) is 8.67. The van der Waals surface area contributed by atoms with Crippen molar-refractivity contribution in [1.29, 1.82) is 0 Å². The minimum Gasteiger partial charge on any atom is -0.481 e. The number of hydrogen-bond donors (Lipinski definition) is 1. The van der Waals surface area contributed by atoms with Gasteiger partial charge in [0.05, 0.1) is 0 Å². The van der Waals surface area contributed by atoms with E-state index >= 15 is 0 Å². The summed E-state index contributed by atoms with van der Waals surface area (Å²) in [6, 6.07) is 5.68. The molecule has 100 valence electrons. The van der Waals surface area contributed by atoms with E-state index in [1.807, 2.05) is 6.92 Å². The molecule has 0 aliphatic rings. The van der Waals surface area contributed by atoms with Crippen LogP contribution in [0.3, 0.4) is 0 Å². The first kappa shape index (κ1) is 14.5. The largest absolute Gasteiger partial charge is 0.481 e. The molecule has 0 unspecified atom stereocenters. The highest BCUT2D eigenvalue weighted by atomic mass is 19.1. The summed E-state index contributed by atoms with van der Waals surface area (Å²) in [6.45, 7) is 4.62. The van der Waals surface area contributed by atoms with Crippen molar-refractivity contribution >= 4 is 5.91 Å². The van der Waals surface area contributed by atoms with Crippen molar-refractivity contribution in [1.82, 2.24) is 5.32 Å². The molecule has 1 aromatic rings. The van der Waals surface area contributed by atoms with E-state index in [2.05, 4.69) is 12.2 Å². The highest BCUT2D eigenvalue weighted by Gasteiger charge is 2.17. The lowest BCUT2D eigenvalue weighted by Crippen LogP contribution is -2.38. The van der Waals surface area contributed by atoms with Gasteiger partial charge in [-0.2, -0.15) is 0 Å². The molecule has 1 rings (SSSR count). The third-order valence-corrected chi connectivity index (χ3v) is 2.58. The fourth-order valence-corrected chi connectivity index (χ4v) is 1.50. The van der Waals surface area contributed by atoms with Crippen molar-refractivity contribution in [2.24, 2.45) is 0 Å². The number of unbranched alkanes of at least 4 members (excludes halogenated alkanes) is 1. The van der Waals surface area contributed by atoms with E-state index in [9.17, 15) is 9.18 Å². The molecule has 4 heteroatoms. The molecule has 0 fully saturated rings. The zero-order chi connectivity index (χ0) is 13.4. The Bertz CT molecular complexity index is 365. The van der Waals surface area contributed by atoms with Gasteiger partial charge in [-0.3, -0.25) is 4.79 Å². The number of hydrogen-bond acceptors (Lipinski definition) is 2. The van der Waals surface area contributed by atoms with E-state index in [0.717, 1.165) is 12.8 Å². The lowest BCUT2D eigenvalue weighted by molar-refractivity contribution is -0.128. The first-order valence-electron chi connectivity index (χ1n) is 6.37. The van der Waals surface area contributed by atoms with Gasteiger partial charge in [0.1, 0.15) is 11.6 Å². The molecule has 0 bridgehead atoms. The Balaban J connectivity index is 2.50. The summed E-state index contributed by atoms with van der Waals surface area (Å²) in [4.78, 5) is 11.8. The molecule has 1 aromatic carbocycles. The van der Waals surface area contributed by atoms with Crippen LogP contribution in [0.4, 0.5) is 4.39 Å². The van der Waals surface area contributed by atoms with E-state index in [4.69, 9.17) is 4.74 Å².